The second kappa shape index (κ2) is 5.75. The molecule has 0 N–H and O–H groups in total. The molecule has 0 aliphatic carbocycles. The summed E-state index contributed by atoms with van der Waals surface area (Å²) in [7, 11) is 0. The van der Waals surface area contributed by atoms with E-state index in [0.717, 1.165) is 0 Å². The third kappa shape index (κ3) is 2.80. The molecular weight excluding hydrogens is 240 g/mol. The first kappa shape index (κ1) is 12.7. The van der Waals surface area contributed by atoms with Crippen LogP contribution in [0.4, 0.5) is 0 Å². The van der Waals surface area contributed by atoms with Crippen LogP contribution >= 0.6 is 0 Å². The molecule has 0 bridgehead atoms. The minimum absolute atomic E-state index is 1.23. The summed E-state index contributed by atoms with van der Waals surface area (Å²) < 4.78 is 0. The molecule has 3 rings (SSSR count). The van der Waals surface area contributed by atoms with Gasteiger partial charge in [-0.05, 0) is 34.7 Å². The van der Waals surface area contributed by atoms with Crippen molar-refractivity contribution in [2.24, 2.45) is 0 Å². The van der Waals surface area contributed by atoms with Gasteiger partial charge in [0, 0.05) is 6.42 Å². The average Bonchev–Trinajstić information content (AvgIpc) is 2.50. The molecule has 0 heterocycles. The summed E-state index contributed by atoms with van der Waals surface area (Å²) in [4.78, 5) is 0. The minimum atomic E-state index is 1.23. The number of hydrogen-bond acceptors (Lipinski definition) is 0. The van der Waals surface area contributed by atoms with E-state index in [1.54, 1.807) is 0 Å². The molecule has 20 heavy (non-hydrogen) atoms. The van der Waals surface area contributed by atoms with Gasteiger partial charge in [0.2, 0.25) is 0 Å². The fourth-order valence-corrected chi connectivity index (χ4v) is 2.40. The zero-order valence-corrected chi connectivity index (χ0v) is 11.6. The predicted octanol–water partition coefficient (Wildman–Crippen LogP) is 5.26. The van der Waals surface area contributed by atoms with E-state index in [1.165, 1.54) is 27.8 Å². The van der Waals surface area contributed by atoms with E-state index in [0.29, 0.717) is 0 Å². The monoisotopic (exact) mass is 257 g/mol. The highest BCUT2D eigenvalue weighted by Crippen LogP contribution is 2.24. The van der Waals surface area contributed by atoms with Crippen LogP contribution in [0, 0.1) is 13.3 Å². The highest BCUT2D eigenvalue weighted by molar-refractivity contribution is 5.67. The molecule has 97 valence electrons. The Morgan fingerprint density at radius 1 is 0.600 bits per heavy atom. The Labute approximate surface area is 120 Å². The third-order valence-electron chi connectivity index (χ3n) is 3.50. The number of benzene rings is 3. The molecule has 0 saturated carbocycles. The second-order valence-corrected chi connectivity index (χ2v) is 4.99. The molecule has 3 aromatic rings. The zero-order valence-electron chi connectivity index (χ0n) is 11.6. The van der Waals surface area contributed by atoms with Crippen LogP contribution in [0.2, 0.25) is 0 Å². The Kier molecular flexibility index (Phi) is 3.64. The van der Waals surface area contributed by atoms with Gasteiger partial charge in [-0.3, -0.25) is 0 Å². The highest BCUT2D eigenvalue weighted by atomic mass is 14.1. The van der Waals surface area contributed by atoms with Gasteiger partial charge in [-0.25, -0.2) is 0 Å². The van der Waals surface area contributed by atoms with Gasteiger partial charge < -0.3 is 0 Å². The Hall–Kier alpha value is -2.34. The highest BCUT2D eigenvalue weighted by Gasteiger charge is 2.01. The topological polar surface area (TPSA) is 0 Å². The quantitative estimate of drug-likeness (QED) is 0.600. The lowest BCUT2D eigenvalue weighted by molar-refractivity contribution is 1.42. The summed E-state index contributed by atoms with van der Waals surface area (Å²) in [5.74, 6) is 0. The van der Waals surface area contributed by atoms with E-state index in [4.69, 9.17) is 0 Å². The maximum absolute atomic E-state index is 2.20. The summed E-state index contributed by atoms with van der Waals surface area (Å²) in [6, 6.07) is 27.6. The molecule has 0 atom stereocenters. The van der Waals surface area contributed by atoms with Gasteiger partial charge in [0.15, 0.2) is 0 Å². The first-order chi connectivity index (χ1) is 9.83. The third-order valence-corrected chi connectivity index (χ3v) is 3.50. The smallest absolute Gasteiger partial charge is 0.0199 e. The van der Waals surface area contributed by atoms with Crippen molar-refractivity contribution in [2.45, 2.75) is 6.92 Å². The normalized spacial score (nSPS) is 10.4. The van der Waals surface area contributed by atoms with Crippen LogP contribution in [0.5, 0.6) is 0 Å². The fourth-order valence-electron chi connectivity index (χ4n) is 2.40. The molecule has 0 amide bonds. The zero-order chi connectivity index (χ0) is 13.8. The predicted molar refractivity (Wildman–Crippen MR) is 85.6 cm³/mol. The van der Waals surface area contributed by atoms with Crippen LogP contribution in [0.15, 0.2) is 78.9 Å². The van der Waals surface area contributed by atoms with E-state index in [9.17, 15) is 0 Å². The lowest BCUT2D eigenvalue weighted by atomic mass is 9.98. The standard InChI is InChI=1S/C20H17/c1-16-7-5-6-10-20(16)19-13-11-18(12-14-19)15-17-8-3-2-4-9-17/h2-15H,1H3. The second-order valence-electron chi connectivity index (χ2n) is 4.99. The van der Waals surface area contributed by atoms with Gasteiger partial charge >= 0.3 is 0 Å². The van der Waals surface area contributed by atoms with Crippen LogP contribution in [0.3, 0.4) is 0 Å². The van der Waals surface area contributed by atoms with Crippen molar-refractivity contribution in [3.8, 4) is 11.1 Å². The Bertz CT molecular complexity index is 679. The largest absolute Gasteiger partial charge is 0.0622 e. The average molecular weight is 257 g/mol. The van der Waals surface area contributed by atoms with Crippen LogP contribution in [0.1, 0.15) is 16.7 Å². The first-order valence-electron chi connectivity index (χ1n) is 6.89. The summed E-state index contributed by atoms with van der Waals surface area (Å²) in [5.41, 5.74) is 6.35. The Balaban J connectivity index is 1.83. The fraction of sp³-hybridized carbons (Fsp3) is 0.0500. The molecular formula is C20H17. The van der Waals surface area contributed by atoms with E-state index in [-0.39, 0.29) is 0 Å². The van der Waals surface area contributed by atoms with E-state index in [2.05, 4.69) is 86.1 Å². The molecule has 0 aromatic heterocycles. The van der Waals surface area contributed by atoms with Crippen LogP contribution < -0.4 is 0 Å². The molecule has 0 heteroatoms. The van der Waals surface area contributed by atoms with Crippen molar-refractivity contribution in [1.29, 1.82) is 0 Å². The summed E-state index contributed by atoms with van der Waals surface area (Å²) in [6.45, 7) is 2.15. The minimum Gasteiger partial charge on any atom is -0.0622 e. The maximum atomic E-state index is 2.20. The van der Waals surface area contributed by atoms with Gasteiger partial charge in [-0.2, -0.15) is 0 Å². The van der Waals surface area contributed by atoms with Gasteiger partial charge in [-0.1, -0.05) is 78.9 Å². The van der Waals surface area contributed by atoms with Crippen molar-refractivity contribution in [3.05, 3.63) is 102 Å². The molecule has 0 saturated heterocycles. The molecule has 0 unspecified atom stereocenters. The number of hydrogen-bond donors (Lipinski definition) is 0. The molecule has 3 aromatic carbocycles. The molecule has 0 fully saturated rings. The van der Waals surface area contributed by atoms with Gasteiger partial charge in [0.1, 0.15) is 0 Å². The van der Waals surface area contributed by atoms with E-state index in [1.807, 2.05) is 6.07 Å². The van der Waals surface area contributed by atoms with E-state index < -0.39 is 0 Å². The van der Waals surface area contributed by atoms with Crippen molar-refractivity contribution < 1.29 is 0 Å². The van der Waals surface area contributed by atoms with E-state index >= 15 is 0 Å². The molecule has 0 aliphatic rings. The number of aryl methyl sites for hydroxylation is 1. The van der Waals surface area contributed by atoms with Crippen molar-refractivity contribution in [2.75, 3.05) is 0 Å². The van der Waals surface area contributed by atoms with Crippen molar-refractivity contribution >= 4 is 0 Å². The SMILES string of the molecule is Cc1ccccc1-c1ccc([CH]c2ccccc2)cc1. The number of rotatable bonds is 3. The van der Waals surface area contributed by atoms with Crippen LogP contribution in [-0.4, -0.2) is 0 Å². The summed E-state index contributed by atoms with van der Waals surface area (Å²) in [6.07, 6.45) is 2.20. The molecule has 1 radical (unpaired) electrons. The van der Waals surface area contributed by atoms with Gasteiger partial charge in [0.05, 0.1) is 0 Å². The van der Waals surface area contributed by atoms with Crippen LogP contribution in [0.25, 0.3) is 11.1 Å². The lowest BCUT2D eigenvalue weighted by Gasteiger charge is -2.07. The summed E-state index contributed by atoms with van der Waals surface area (Å²) in [5, 5.41) is 0. The first-order valence-corrected chi connectivity index (χ1v) is 6.89. The van der Waals surface area contributed by atoms with Crippen LogP contribution in [-0.2, 0) is 0 Å². The molecule has 0 aliphatic heterocycles. The maximum Gasteiger partial charge on any atom is 0.0199 e. The lowest BCUT2D eigenvalue weighted by Crippen LogP contribution is -1.86. The van der Waals surface area contributed by atoms with Gasteiger partial charge in [-0.15, -0.1) is 0 Å². The van der Waals surface area contributed by atoms with Gasteiger partial charge in [0.25, 0.3) is 0 Å². The van der Waals surface area contributed by atoms with Crippen molar-refractivity contribution in [1.82, 2.24) is 0 Å². The van der Waals surface area contributed by atoms with Crippen molar-refractivity contribution in [3.63, 3.8) is 0 Å². The molecule has 0 nitrogen and oxygen atoms in total. The molecule has 0 spiro atoms. The summed E-state index contributed by atoms with van der Waals surface area (Å²) >= 11 is 0. The Morgan fingerprint density at radius 3 is 1.90 bits per heavy atom. The Morgan fingerprint density at radius 2 is 1.20 bits per heavy atom.